The normalized spacial score (nSPS) is 15.2. The van der Waals surface area contributed by atoms with Crippen molar-refractivity contribution in [2.75, 3.05) is 26.4 Å². The first-order valence-corrected chi connectivity index (χ1v) is 6.85. The minimum Gasteiger partial charge on any atom is -0.489 e. The third-order valence-electron chi connectivity index (χ3n) is 2.83. The maximum absolute atomic E-state index is 9.18. The lowest BCUT2D eigenvalue weighted by atomic mass is 10.1. The van der Waals surface area contributed by atoms with Crippen molar-refractivity contribution in [2.24, 2.45) is 0 Å². The maximum atomic E-state index is 9.18. The van der Waals surface area contributed by atoms with Crippen LogP contribution in [0.3, 0.4) is 0 Å². The Kier molecular flexibility index (Phi) is 5.48. The molecule has 108 valence electrons. The number of nitrogens with zero attached hydrogens (tertiary/aromatic N) is 1. The fraction of sp³-hybridized carbons (Fsp3) is 0.500. The van der Waals surface area contributed by atoms with Gasteiger partial charge in [-0.05, 0) is 18.6 Å². The summed E-state index contributed by atoms with van der Waals surface area (Å²) in [7, 11) is 0. The molecule has 1 N–H and O–H groups in total. The third-order valence-corrected chi connectivity index (χ3v) is 3.11. The first-order chi connectivity index (χ1) is 9.76. The molecule has 1 aromatic carbocycles. The Labute approximate surface area is 122 Å². The largest absolute Gasteiger partial charge is 0.489 e. The maximum Gasteiger partial charge on any atom is 0.179 e. The molecular weight excluding hydrogens is 282 g/mol. The van der Waals surface area contributed by atoms with Gasteiger partial charge in [0.1, 0.15) is 0 Å². The Morgan fingerprint density at radius 3 is 2.95 bits per heavy atom. The smallest absolute Gasteiger partial charge is 0.179 e. The molecule has 0 saturated carbocycles. The second-order valence-corrected chi connectivity index (χ2v) is 4.74. The van der Waals surface area contributed by atoms with Crippen molar-refractivity contribution in [3.63, 3.8) is 0 Å². The summed E-state index contributed by atoms with van der Waals surface area (Å²) in [5.41, 5.74) is 0.625. The molecule has 0 fully saturated rings. The summed E-state index contributed by atoms with van der Waals surface area (Å²) in [6, 6.07) is 5.44. The first-order valence-electron chi connectivity index (χ1n) is 6.47. The number of hydrogen-bond donors (Lipinski definition) is 1. The van der Waals surface area contributed by atoms with Crippen molar-refractivity contribution in [3.8, 4) is 17.6 Å². The van der Waals surface area contributed by atoms with Gasteiger partial charge in [0.2, 0.25) is 0 Å². The number of halogens is 1. The highest BCUT2D eigenvalue weighted by Crippen LogP contribution is 2.39. The molecule has 0 saturated heterocycles. The van der Waals surface area contributed by atoms with Gasteiger partial charge in [-0.15, -0.1) is 0 Å². The fourth-order valence-corrected chi connectivity index (χ4v) is 2.15. The zero-order chi connectivity index (χ0) is 14.4. The van der Waals surface area contributed by atoms with Crippen molar-refractivity contribution in [1.82, 2.24) is 0 Å². The van der Waals surface area contributed by atoms with E-state index in [1.54, 1.807) is 12.1 Å². The number of fused-ring (bicyclic) bond motifs is 1. The molecule has 20 heavy (non-hydrogen) atoms. The van der Waals surface area contributed by atoms with Crippen LogP contribution in [0.4, 0.5) is 0 Å². The van der Waals surface area contributed by atoms with Crippen LogP contribution in [-0.4, -0.2) is 31.5 Å². The van der Waals surface area contributed by atoms with E-state index in [1.807, 2.05) is 0 Å². The number of benzene rings is 1. The minimum absolute atomic E-state index is 0.0278. The Hall–Kier alpha value is -1.48. The first kappa shape index (κ1) is 14.9. The van der Waals surface area contributed by atoms with E-state index in [-0.39, 0.29) is 6.61 Å². The second kappa shape index (κ2) is 7.34. The Morgan fingerprint density at radius 1 is 1.40 bits per heavy atom. The van der Waals surface area contributed by atoms with Gasteiger partial charge in [0.15, 0.2) is 17.6 Å². The van der Waals surface area contributed by atoms with Crippen LogP contribution < -0.4 is 9.47 Å². The molecule has 6 heteroatoms. The Morgan fingerprint density at radius 2 is 2.20 bits per heavy atom. The Balaban J connectivity index is 2.21. The number of rotatable bonds is 5. The summed E-state index contributed by atoms with van der Waals surface area (Å²) in [6.07, 6.45) is 0.530. The molecule has 0 aliphatic carbocycles. The van der Waals surface area contributed by atoms with E-state index in [0.29, 0.717) is 48.3 Å². The molecule has 2 rings (SSSR count). The van der Waals surface area contributed by atoms with E-state index < -0.39 is 6.10 Å². The summed E-state index contributed by atoms with van der Waals surface area (Å²) < 4.78 is 16.5. The van der Waals surface area contributed by atoms with Gasteiger partial charge < -0.3 is 19.3 Å². The number of nitriles is 1. The topological polar surface area (TPSA) is 71.7 Å². The second-order valence-electron chi connectivity index (χ2n) is 4.34. The molecule has 1 unspecified atom stereocenters. The van der Waals surface area contributed by atoms with Crippen LogP contribution in [0, 0.1) is 11.3 Å². The van der Waals surface area contributed by atoms with Crippen LogP contribution in [0.1, 0.15) is 24.5 Å². The zero-order valence-corrected chi connectivity index (χ0v) is 11.7. The number of hydrogen-bond acceptors (Lipinski definition) is 5. The highest BCUT2D eigenvalue weighted by molar-refractivity contribution is 6.32. The van der Waals surface area contributed by atoms with Crippen molar-refractivity contribution < 1.29 is 19.3 Å². The van der Waals surface area contributed by atoms with Gasteiger partial charge in [-0.3, -0.25) is 0 Å². The minimum atomic E-state index is -0.740. The zero-order valence-electron chi connectivity index (χ0n) is 11.0. The lowest BCUT2D eigenvalue weighted by Crippen LogP contribution is -2.05. The van der Waals surface area contributed by atoms with E-state index in [1.165, 1.54) is 0 Å². The van der Waals surface area contributed by atoms with Gasteiger partial charge in [0, 0.05) is 18.6 Å². The SMILES string of the molecule is N#CC(OCCCO)c1cc(Cl)c2c(c1)OCCCO2. The van der Waals surface area contributed by atoms with Crippen LogP contribution in [0.25, 0.3) is 0 Å². The molecule has 0 aromatic heterocycles. The van der Waals surface area contributed by atoms with E-state index in [9.17, 15) is 5.26 Å². The summed E-state index contributed by atoms with van der Waals surface area (Å²) in [5.74, 6) is 1.05. The van der Waals surface area contributed by atoms with Gasteiger partial charge >= 0.3 is 0 Å². The molecule has 1 aliphatic heterocycles. The lowest BCUT2D eigenvalue weighted by Gasteiger charge is -2.15. The highest BCUT2D eigenvalue weighted by Gasteiger charge is 2.20. The highest BCUT2D eigenvalue weighted by atomic mass is 35.5. The standard InChI is InChI=1S/C14H16ClNO4/c15-11-7-10(13(9-16)19-4-1-3-17)8-12-14(11)20-6-2-5-18-12/h7-8,13,17H,1-6H2. The molecule has 1 aromatic rings. The molecular formula is C14H16ClNO4. The Bertz CT molecular complexity index is 501. The van der Waals surface area contributed by atoms with Crippen molar-refractivity contribution in [3.05, 3.63) is 22.7 Å². The molecule has 1 aliphatic rings. The van der Waals surface area contributed by atoms with Crippen LogP contribution in [-0.2, 0) is 4.74 Å². The van der Waals surface area contributed by atoms with Crippen LogP contribution in [0.15, 0.2) is 12.1 Å². The van der Waals surface area contributed by atoms with Crippen molar-refractivity contribution in [1.29, 1.82) is 5.26 Å². The van der Waals surface area contributed by atoms with Gasteiger partial charge in [-0.2, -0.15) is 5.26 Å². The number of aliphatic hydroxyl groups is 1. The van der Waals surface area contributed by atoms with Crippen LogP contribution in [0.5, 0.6) is 11.5 Å². The van der Waals surface area contributed by atoms with E-state index in [2.05, 4.69) is 6.07 Å². The third kappa shape index (κ3) is 3.54. The molecule has 0 amide bonds. The molecule has 1 atom stereocenters. The molecule has 0 bridgehead atoms. The number of ether oxygens (including phenoxy) is 3. The van der Waals surface area contributed by atoms with E-state index in [0.717, 1.165) is 6.42 Å². The van der Waals surface area contributed by atoms with Gasteiger partial charge in [0.05, 0.1) is 30.9 Å². The quantitative estimate of drug-likeness (QED) is 0.845. The summed E-state index contributed by atoms with van der Waals surface area (Å²) in [6.45, 7) is 1.44. The summed E-state index contributed by atoms with van der Waals surface area (Å²) >= 11 is 6.17. The predicted octanol–water partition coefficient (Wildman–Crippen LogP) is 2.46. The van der Waals surface area contributed by atoms with Crippen LogP contribution in [0.2, 0.25) is 5.02 Å². The van der Waals surface area contributed by atoms with Gasteiger partial charge in [0.25, 0.3) is 0 Å². The van der Waals surface area contributed by atoms with Crippen molar-refractivity contribution >= 4 is 11.6 Å². The molecule has 1 heterocycles. The van der Waals surface area contributed by atoms with E-state index in [4.69, 9.17) is 30.9 Å². The van der Waals surface area contributed by atoms with Crippen LogP contribution >= 0.6 is 11.6 Å². The molecule has 5 nitrogen and oxygen atoms in total. The average Bonchev–Trinajstić information content (AvgIpc) is 2.69. The van der Waals surface area contributed by atoms with E-state index >= 15 is 0 Å². The van der Waals surface area contributed by atoms with Gasteiger partial charge in [-0.25, -0.2) is 0 Å². The predicted molar refractivity (Wildman–Crippen MR) is 73.1 cm³/mol. The summed E-state index contributed by atoms with van der Waals surface area (Å²) in [4.78, 5) is 0. The lowest BCUT2D eigenvalue weighted by molar-refractivity contribution is 0.0772. The molecule has 0 spiro atoms. The van der Waals surface area contributed by atoms with Crippen molar-refractivity contribution in [2.45, 2.75) is 18.9 Å². The summed E-state index contributed by atoms with van der Waals surface area (Å²) in [5, 5.41) is 18.3. The fourth-order valence-electron chi connectivity index (χ4n) is 1.88. The average molecular weight is 298 g/mol. The monoisotopic (exact) mass is 297 g/mol. The van der Waals surface area contributed by atoms with Gasteiger partial charge in [-0.1, -0.05) is 11.6 Å². The number of aliphatic hydroxyl groups excluding tert-OH is 1. The molecule has 0 radical (unpaired) electrons.